The Morgan fingerprint density at radius 3 is 2.55 bits per heavy atom. The molecule has 2 aliphatic heterocycles. The van der Waals surface area contributed by atoms with Crippen LogP contribution in [-0.4, -0.2) is 70.9 Å². The Morgan fingerprint density at radius 2 is 1.83 bits per heavy atom. The summed E-state index contributed by atoms with van der Waals surface area (Å²) in [7, 11) is 1.82. The maximum absolute atomic E-state index is 13.4. The smallest absolute Gasteiger partial charge is 0.274 e. The summed E-state index contributed by atoms with van der Waals surface area (Å²) in [5.74, 6) is -0.556. The molecule has 2 fully saturated rings. The summed E-state index contributed by atoms with van der Waals surface area (Å²) >= 11 is 0. The number of hydrogen-bond acceptors (Lipinski definition) is 5. The number of halogens is 1. The van der Waals surface area contributed by atoms with E-state index in [1.807, 2.05) is 7.05 Å². The van der Waals surface area contributed by atoms with Crippen LogP contribution in [0.25, 0.3) is 0 Å². The van der Waals surface area contributed by atoms with Gasteiger partial charge in [0.2, 0.25) is 5.91 Å². The van der Waals surface area contributed by atoms with Crippen molar-refractivity contribution < 1.29 is 14.0 Å². The number of rotatable bonds is 2. The third kappa shape index (κ3) is 3.92. The zero-order valence-electron chi connectivity index (χ0n) is 16.4. The van der Waals surface area contributed by atoms with Crippen LogP contribution in [0.4, 0.5) is 10.1 Å². The van der Waals surface area contributed by atoms with E-state index >= 15 is 0 Å². The molecule has 152 valence electrons. The molecule has 0 bridgehead atoms. The monoisotopic (exact) mass is 397 g/mol. The summed E-state index contributed by atoms with van der Waals surface area (Å²) in [6.45, 7) is 2.32. The number of likely N-dealkylation sites (tertiary alicyclic amines) is 1. The largest absolute Gasteiger partial charge is 0.366 e. The SMILES string of the molecule is CN1CCN(c2ccc(F)cc2)[C@H]2CCN(C(=O)c3cnccn3)CC[C@@H]2C1=O. The minimum Gasteiger partial charge on any atom is -0.366 e. The first kappa shape index (κ1) is 19.3. The predicted molar refractivity (Wildman–Crippen MR) is 106 cm³/mol. The van der Waals surface area contributed by atoms with E-state index in [0.29, 0.717) is 44.7 Å². The van der Waals surface area contributed by atoms with E-state index in [2.05, 4.69) is 14.9 Å². The second-order valence-electron chi connectivity index (χ2n) is 7.56. The first-order chi connectivity index (χ1) is 14.0. The van der Waals surface area contributed by atoms with Gasteiger partial charge in [-0.2, -0.15) is 0 Å². The highest BCUT2D eigenvalue weighted by atomic mass is 19.1. The van der Waals surface area contributed by atoms with E-state index in [-0.39, 0.29) is 29.6 Å². The van der Waals surface area contributed by atoms with E-state index in [1.165, 1.54) is 30.7 Å². The molecule has 0 unspecified atom stereocenters. The van der Waals surface area contributed by atoms with Crippen molar-refractivity contribution in [3.8, 4) is 0 Å². The van der Waals surface area contributed by atoms with Gasteiger partial charge < -0.3 is 14.7 Å². The van der Waals surface area contributed by atoms with Crippen molar-refractivity contribution in [2.75, 3.05) is 38.1 Å². The standard InChI is InChI=1S/C21H24FN5O2/c1-25-12-13-27(16-4-2-15(22)3-5-16)19-7-11-26(10-6-17(19)20(25)28)21(29)18-14-23-8-9-24-18/h2-5,8-9,14,17,19H,6-7,10-13H2,1H3/t17-,19-/m0/s1. The van der Waals surface area contributed by atoms with Crippen LogP contribution in [0.15, 0.2) is 42.9 Å². The Kier molecular flexibility index (Phi) is 5.42. The molecule has 29 heavy (non-hydrogen) atoms. The van der Waals surface area contributed by atoms with Gasteiger partial charge in [0, 0.05) is 57.3 Å². The predicted octanol–water partition coefficient (Wildman–Crippen LogP) is 1.82. The Morgan fingerprint density at radius 1 is 1.07 bits per heavy atom. The molecule has 3 heterocycles. The highest BCUT2D eigenvalue weighted by molar-refractivity contribution is 5.92. The molecule has 2 saturated heterocycles. The second-order valence-corrected chi connectivity index (χ2v) is 7.56. The number of hydrogen-bond donors (Lipinski definition) is 0. The van der Waals surface area contributed by atoms with Gasteiger partial charge in [-0.1, -0.05) is 0 Å². The van der Waals surface area contributed by atoms with Crippen molar-refractivity contribution in [2.45, 2.75) is 18.9 Å². The molecular formula is C21H24FN5O2. The number of fused-ring (bicyclic) bond motifs is 1. The van der Waals surface area contributed by atoms with Crippen LogP contribution in [0.5, 0.6) is 0 Å². The molecule has 0 spiro atoms. The molecule has 0 N–H and O–H groups in total. The molecule has 0 aliphatic carbocycles. The maximum atomic E-state index is 13.4. The number of carbonyl (C=O) groups is 2. The summed E-state index contributed by atoms with van der Waals surface area (Å²) in [5.41, 5.74) is 1.21. The third-order valence-electron chi connectivity index (χ3n) is 5.87. The Hall–Kier alpha value is -3.03. The molecule has 2 atom stereocenters. The lowest BCUT2D eigenvalue weighted by Crippen LogP contribution is -2.43. The van der Waals surface area contributed by atoms with Crippen LogP contribution in [-0.2, 0) is 4.79 Å². The van der Waals surface area contributed by atoms with Crippen molar-refractivity contribution >= 4 is 17.5 Å². The molecule has 2 aromatic rings. The summed E-state index contributed by atoms with van der Waals surface area (Å²) < 4.78 is 13.4. The Balaban J connectivity index is 1.60. The van der Waals surface area contributed by atoms with Crippen LogP contribution in [0, 0.1) is 11.7 Å². The van der Waals surface area contributed by atoms with Crippen molar-refractivity contribution in [3.63, 3.8) is 0 Å². The molecule has 0 radical (unpaired) electrons. The molecule has 1 aromatic heterocycles. The molecule has 2 amide bonds. The van der Waals surface area contributed by atoms with Crippen molar-refractivity contribution in [2.24, 2.45) is 5.92 Å². The van der Waals surface area contributed by atoms with Gasteiger partial charge in [0.15, 0.2) is 0 Å². The summed E-state index contributed by atoms with van der Waals surface area (Å²) in [5, 5.41) is 0. The van der Waals surface area contributed by atoms with Gasteiger partial charge in [-0.05, 0) is 37.1 Å². The number of carbonyl (C=O) groups excluding carboxylic acids is 2. The summed E-state index contributed by atoms with van der Waals surface area (Å²) in [6.07, 6.45) is 5.75. The number of aromatic nitrogens is 2. The van der Waals surface area contributed by atoms with Crippen molar-refractivity contribution in [1.82, 2.24) is 19.8 Å². The van der Waals surface area contributed by atoms with E-state index in [9.17, 15) is 14.0 Å². The lowest BCUT2D eigenvalue weighted by Gasteiger charge is -2.34. The highest BCUT2D eigenvalue weighted by Gasteiger charge is 2.40. The van der Waals surface area contributed by atoms with Gasteiger partial charge in [0.1, 0.15) is 11.5 Å². The minimum atomic E-state index is -0.282. The van der Waals surface area contributed by atoms with Gasteiger partial charge in [-0.3, -0.25) is 14.6 Å². The maximum Gasteiger partial charge on any atom is 0.274 e. The number of nitrogens with zero attached hydrogens (tertiary/aromatic N) is 5. The average molecular weight is 397 g/mol. The number of anilines is 1. The van der Waals surface area contributed by atoms with Crippen LogP contribution < -0.4 is 4.90 Å². The number of amides is 2. The minimum absolute atomic E-state index is 0.0439. The first-order valence-corrected chi connectivity index (χ1v) is 9.87. The van der Waals surface area contributed by atoms with E-state index in [1.54, 1.807) is 21.9 Å². The molecule has 0 saturated carbocycles. The molecule has 8 heteroatoms. The fourth-order valence-corrected chi connectivity index (χ4v) is 4.29. The molecule has 2 aliphatic rings. The lowest BCUT2D eigenvalue weighted by molar-refractivity contribution is -0.134. The first-order valence-electron chi connectivity index (χ1n) is 9.87. The highest BCUT2D eigenvalue weighted by Crippen LogP contribution is 2.31. The van der Waals surface area contributed by atoms with Crippen molar-refractivity contribution in [3.05, 3.63) is 54.4 Å². The quantitative estimate of drug-likeness (QED) is 0.773. The fourth-order valence-electron chi connectivity index (χ4n) is 4.29. The van der Waals surface area contributed by atoms with Gasteiger partial charge >= 0.3 is 0 Å². The van der Waals surface area contributed by atoms with Gasteiger partial charge in [0.25, 0.3) is 5.91 Å². The third-order valence-corrected chi connectivity index (χ3v) is 5.87. The molecule has 1 aromatic carbocycles. The van der Waals surface area contributed by atoms with Crippen LogP contribution in [0.2, 0.25) is 0 Å². The van der Waals surface area contributed by atoms with E-state index in [4.69, 9.17) is 0 Å². The number of benzene rings is 1. The number of likely N-dealkylation sites (N-methyl/N-ethyl adjacent to an activating group) is 1. The zero-order chi connectivity index (χ0) is 20.4. The van der Waals surface area contributed by atoms with Gasteiger partial charge in [0.05, 0.1) is 12.1 Å². The average Bonchev–Trinajstić information content (AvgIpc) is 3.03. The van der Waals surface area contributed by atoms with E-state index < -0.39 is 0 Å². The zero-order valence-corrected chi connectivity index (χ0v) is 16.4. The molecule has 7 nitrogen and oxygen atoms in total. The van der Waals surface area contributed by atoms with Crippen molar-refractivity contribution in [1.29, 1.82) is 0 Å². The van der Waals surface area contributed by atoms with Gasteiger partial charge in [-0.25, -0.2) is 9.37 Å². The van der Waals surface area contributed by atoms with E-state index in [0.717, 1.165) is 5.69 Å². The van der Waals surface area contributed by atoms with Crippen LogP contribution >= 0.6 is 0 Å². The Bertz CT molecular complexity index is 876. The van der Waals surface area contributed by atoms with Crippen LogP contribution in [0.3, 0.4) is 0 Å². The molecule has 4 rings (SSSR count). The fraction of sp³-hybridized carbons (Fsp3) is 0.429. The lowest BCUT2D eigenvalue weighted by atomic mass is 9.92. The van der Waals surface area contributed by atoms with Gasteiger partial charge in [-0.15, -0.1) is 0 Å². The Labute approximate surface area is 169 Å². The summed E-state index contributed by atoms with van der Waals surface area (Å²) in [6, 6.07) is 6.37. The summed E-state index contributed by atoms with van der Waals surface area (Å²) in [4.78, 5) is 39.7. The second kappa shape index (κ2) is 8.14. The molecular weight excluding hydrogens is 373 g/mol. The topological polar surface area (TPSA) is 69.6 Å². The van der Waals surface area contributed by atoms with Crippen LogP contribution in [0.1, 0.15) is 23.3 Å². The normalized spacial score (nSPS) is 22.7.